The number of benzene rings is 2. The van der Waals surface area contributed by atoms with Crippen LogP contribution >= 0.6 is 11.8 Å². The molecule has 0 aromatic heterocycles. The highest BCUT2D eigenvalue weighted by atomic mass is 32.2. The molecule has 3 nitrogen and oxygen atoms in total. The zero-order valence-corrected chi connectivity index (χ0v) is 13.3. The summed E-state index contributed by atoms with van der Waals surface area (Å²) in [6.07, 6.45) is 2.65. The predicted molar refractivity (Wildman–Crippen MR) is 90.7 cm³/mol. The summed E-state index contributed by atoms with van der Waals surface area (Å²) in [6, 6.07) is 13.1. The molecule has 116 valence electrons. The summed E-state index contributed by atoms with van der Waals surface area (Å²) in [7, 11) is 0. The summed E-state index contributed by atoms with van der Waals surface area (Å²) in [5.41, 5.74) is 2.45. The molecule has 23 heavy (non-hydrogen) atoms. The summed E-state index contributed by atoms with van der Waals surface area (Å²) in [5.74, 6) is -0.793. The standard InChI is InChI=1S/C18H14FNO2S/c1-2-12-3-5-13(6-4-12)11-16-17(21)20(18(22)23-16)15-9-7-14(19)8-10-15/h3-11H,2H2,1H3/b16-11-. The molecule has 3 rings (SSSR count). The SMILES string of the molecule is CCc1ccc(/C=C2\SC(=O)N(c3ccc(F)cc3)C2=O)cc1. The van der Waals surface area contributed by atoms with E-state index >= 15 is 0 Å². The summed E-state index contributed by atoms with van der Waals surface area (Å²) in [5, 5.41) is -0.377. The number of carbonyl (C=O) groups is 2. The predicted octanol–water partition coefficient (Wildman–Crippen LogP) is 4.63. The summed E-state index contributed by atoms with van der Waals surface area (Å²) >= 11 is 0.890. The van der Waals surface area contributed by atoms with E-state index in [9.17, 15) is 14.0 Å². The molecule has 0 unspecified atom stereocenters. The van der Waals surface area contributed by atoms with E-state index in [2.05, 4.69) is 6.92 Å². The normalized spacial score (nSPS) is 16.4. The average Bonchev–Trinajstić information content (AvgIpc) is 2.83. The summed E-state index contributed by atoms with van der Waals surface area (Å²) in [6.45, 7) is 2.07. The second-order valence-electron chi connectivity index (χ2n) is 5.09. The summed E-state index contributed by atoms with van der Waals surface area (Å²) in [4.78, 5) is 26.0. The number of carbonyl (C=O) groups excluding carboxylic acids is 2. The number of imide groups is 1. The van der Waals surface area contributed by atoms with E-state index in [-0.39, 0.29) is 11.1 Å². The molecule has 0 spiro atoms. The van der Waals surface area contributed by atoms with E-state index in [0.717, 1.165) is 28.6 Å². The minimum atomic E-state index is -0.410. The molecule has 1 saturated heterocycles. The fraction of sp³-hybridized carbons (Fsp3) is 0.111. The van der Waals surface area contributed by atoms with Crippen molar-refractivity contribution in [1.82, 2.24) is 0 Å². The average molecular weight is 327 g/mol. The molecule has 0 saturated carbocycles. The van der Waals surface area contributed by atoms with Crippen LogP contribution in [0.2, 0.25) is 0 Å². The Morgan fingerprint density at radius 3 is 2.30 bits per heavy atom. The Bertz CT molecular complexity index is 782. The van der Waals surface area contributed by atoms with Crippen molar-refractivity contribution in [2.24, 2.45) is 0 Å². The fourth-order valence-electron chi connectivity index (χ4n) is 2.28. The van der Waals surface area contributed by atoms with Gasteiger partial charge in [0.2, 0.25) is 0 Å². The van der Waals surface area contributed by atoms with Crippen LogP contribution in [-0.4, -0.2) is 11.1 Å². The Morgan fingerprint density at radius 2 is 1.70 bits per heavy atom. The molecule has 2 aromatic rings. The van der Waals surface area contributed by atoms with Crippen molar-refractivity contribution in [3.05, 3.63) is 70.4 Å². The molecule has 0 N–H and O–H groups in total. The van der Waals surface area contributed by atoms with Crippen LogP contribution in [-0.2, 0) is 11.2 Å². The fourth-order valence-corrected chi connectivity index (χ4v) is 3.12. The molecule has 0 radical (unpaired) electrons. The topological polar surface area (TPSA) is 37.4 Å². The van der Waals surface area contributed by atoms with Crippen molar-refractivity contribution in [2.75, 3.05) is 4.90 Å². The maximum Gasteiger partial charge on any atom is 0.298 e. The van der Waals surface area contributed by atoms with E-state index in [0.29, 0.717) is 10.6 Å². The Balaban J connectivity index is 1.88. The zero-order valence-electron chi connectivity index (χ0n) is 12.5. The third-order valence-corrected chi connectivity index (χ3v) is 4.43. The van der Waals surface area contributed by atoms with Gasteiger partial charge in [0.25, 0.3) is 11.1 Å². The molecule has 0 bridgehead atoms. The molecule has 0 aliphatic carbocycles. The van der Waals surface area contributed by atoms with Gasteiger partial charge in [-0.3, -0.25) is 9.59 Å². The highest BCUT2D eigenvalue weighted by molar-refractivity contribution is 8.19. The lowest BCUT2D eigenvalue weighted by Crippen LogP contribution is -2.27. The lowest BCUT2D eigenvalue weighted by molar-refractivity contribution is -0.113. The largest absolute Gasteiger partial charge is 0.298 e. The molecular weight excluding hydrogens is 313 g/mol. The number of halogens is 1. The third-order valence-electron chi connectivity index (χ3n) is 3.56. The maximum atomic E-state index is 13.0. The van der Waals surface area contributed by atoms with Crippen LogP contribution in [0.3, 0.4) is 0 Å². The number of thioether (sulfide) groups is 1. The van der Waals surface area contributed by atoms with Gasteiger partial charge in [0.15, 0.2) is 0 Å². The van der Waals surface area contributed by atoms with Gasteiger partial charge in [-0.2, -0.15) is 0 Å². The van der Waals surface area contributed by atoms with Crippen LogP contribution in [0.1, 0.15) is 18.1 Å². The van der Waals surface area contributed by atoms with Crippen LogP contribution in [0.25, 0.3) is 6.08 Å². The zero-order chi connectivity index (χ0) is 16.4. The molecule has 1 fully saturated rings. The van der Waals surface area contributed by atoms with E-state index in [4.69, 9.17) is 0 Å². The number of hydrogen-bond donors (Lipinski definition) is 0. The van der Waals surface area contributed by atoms with Gasteiger partial charge in [0, 0.05) is 0 Å². The first-order valence-electron chi connectivity index (χ1n) is 7.21. The number of aryl methyl sites for hydroxylation is 1. The van der Waals surface area contributed by atoms with Crippen molar-refractivity contribution >= 4 is 34.7 Å². The van der Waals surface area contributed by atoms with Crippen molar-refractivity contribution in [1.29, 1.82) is 0 Å². The number of hydrogen-bond acceptors (Lipinski definition) is 3. The Labute approximate surface area is 137 Å². The van der Waals surface area contributed by atoms with Crippen molar-refractivity contribution in [2.45, 2.75) is 13.3 Å². The lowest BCUT2D eigenvalue weighted by Gasteiger charge is -2.11. The van der Waals surface area contributed by atoms with Gasteiger partial charge in [-0.05, 0) is 59.7 Å². The minimum Gasteiger partial charge on any atom is -0.268 e. The van der Waals surface area contributed by atoms with Crippen LogP contribution in [0.15, 0.2) is 53.4 Å². The van der Waals surface area contributed by atoms with Crippen molar-refractivity contribution < 1.29 is 14.0 Å². The quantitative estimate of drug-likeness (QED) is 0.771. The van der Waals surface area contributed by atoms with Crippen LogP contribution < -0.4 is 4.90 Å². The number of rotatable bonds is 3. The highest BCUT2D eigenvalue weighted by Gasteiger charge is 2.36. The second-order valence-corrected chi connectivity index (χ2v) is 6.08. The van der Waals surface area contributed by atoms with Gasteiger partial charge >= 0.3 is 0 Å². The van der Waals surface area contributed by atoms with Gasteiger partial charge in [0.1, 0.15) is 5.82 Å². The second kappa shape index (κ2) is 6.38. The minimum absolute atomic E-state index is 0.364. The molecule has 5 heteroatoms. The van der Waals surface area contributed by atoms with E-state index in [1.165, 1.54) is 29.8 Å². The summed E-state index contributed by atoms with van der Waals surface area (Å²) < 4.78 is 13.0. The van der Waals surface area contributed by atoms with Crippen molar-refractivity contribution in [3.63, 3.8) is 0 Å². The van der Waals surface area contributed by atoms with E-state index < -0.39 is 5.82 Å². The van der Waals surface area contributed by atoms with Gasteiger partial charge in [0.05, 0.1) is 10.6 Å². The molecule has 0 atom stereocenters. The number of amides is 2. The van der Waals surface area contributed by atoms with E-state index in [1.807, 2.05) is 24.3 Å². The smallest absolute Gasteiger partial charge is 0.268 e. The third kappa shape index (κ3) is 3.19. The Kier molecular flexibility index (Phi) is 4.30. The number of nitrogens with zero attached hydrogens (tertiary/aromatic N) is 1. The van der Waals surface area contributed by atoms with E-state index in [1.54, 1.807) is 6.08 Å². The molecule has 2 amide bonds. The van der Waals surface area contributed by atoms with Crippen molar-refractivity contribution in [3.8, 4) is 0 Å². The van der Waals surface area contributed by atoms with Gasteiger partial charge < -0.3 is 0 Å². The van der Waals surface area contributed by atoms with Crippen LogP contribution in [0, 0.1) is 5.82 Å². The monoisotopic (exact) mass is 327 g/mol. The van der Waals surface area contributed by atoms with Crippen LogP contribution in [0.4, 0.5) is 14.9 Å². The molecule has 2 aromatic carbocycles. The molecule has 1 heterocycles. The Morgan fingerprint density at radius 1 is 1.04 bits per heavy atom. The highest BCUT2D eigenvalue weighted by Crippen LogP contribution is 2.35. The lowest BCUT2D eigenvalue weighted by atomic mass is 10.1. The van der Waals surface area contributed by atoms with Gasteiger partial charge in [-0.15, -0.1) is 0 Å². The van der Waals surface area contributed by atoms with Crippen LogP contribution in [0.5, 0.6) is 0 Å². The van der Waals surface area contributed by atoms with Gasteiger partial charge in [-0.25, -0.2) is 9.29 Å². The Hall–Kier alpha value is -2.40. The first-order chi connectivity index (χ1) is 11.1. The number of anilines is 1. The molecule has 1 aliphatic heterocycles. The molecular formula is C18H14FNO2S. The first kappa shape index (κ1) is 15.5. The van der Waals surface area contributed by atoms with Gasteiger partial charge in [-0.1, -0.05) is 31.2 Å². The molecule has 1 aliphatic rings. The maximum absolute atomic E-state index is 13.0. The first-order valence-corrected chi connectivity index (χ1v) is 8.02.